The van der Waals surface area contributed by atoms with E-state index in [4.69, 9.17) is 5.53 Å². The van der Waals surface area contributed by atoms with Crippen LogP contribution in [-0.4, -0.2) is 5.11 Å². The molecular formula is C10H12N2O. The number of phenols is 1. The van der Waals surface area contributed by atoms with Crippen LogP contribution >= 0.6 is 0 Å². The third-order valence-corrected chi connectivity index (χ3v) is 1.70. The predicted molar refractivity (Wildman–Crippen MR) is 51.5 cm³/mol. The van der Waals surface area contributed by atoms with Gasteiger partial charge in [-0.3, -0.25) is 0 Å². The topological polar surface area (TPSA) is 56.4 Å². The van der Waals surface area contributed by atoms with Gasteiger partial charge in [0.05, 0.1) is 5.70 Å². The third-order valence-electron chi connectivity index (χ3n) is 1.70. The van der Waals surface area contributed by atoms with Crippen molar-refractivity contribution >= 4 is 5.70 Å². The molecule has 68 valence electrons. The molecule has 0 atom stereocenters. The molecular weight excluding hydrogens is 164 g/mol. The van der Waals surface area contributed by atoms with E-state index < -0.39 is 0 Å². The lowest BCUT2D eigenvalue weighted by atomic mass is 10.1. The Balaban J connectivity index is 3.12. The largest absolute Gasteiger partial charge is 0.507 e. The summed E-state index contributed by atoms with van der Waals surface area (Å²) in [5, 5.41) is 12.8. The molecule has 0 saturated carbocycles. The zero-order chi connectivity index (χ0) is 9.68. The molecule has 1 aromatic rings. The smallest absolute Gasteiger partial charge is 0.125 e. The van der Waals surface area contributed by atoms with E-state index in [1.165, 1.54) is 0 Å². The first-order valence-corrected chi connectivity index (χ1v) is 4.15. The number of nitrogens with one attached hydrogen (secondary N) is 1. The van der Waals surface area contributed by atoms with E-state index >= 15 is 0 Å². The average molecular weight is 176 g/mol. The number of rotatable bonds is 3. The van der Waals surface area contributed by atoms with Gasteiger partial charge in [0.1, 0.15) is 5.75 Å². The summed E-state index contributed by atoms with van der Waals surface area (Å²) in [6.07, 6.45) is 2.61. The lowest BCUT2D eigenvalue weighted by Crippen LogP contribution is -1.80. The van der Waals surface area contributed by atoms with Crippen LogP contribution in [0.4, 0.5) is 0 Å². The Morgan fingerprint density at radius 3 is 2.77 bits per heavy atom. The maximum absolute atomic E-state index is 9.45. The van der Waals surface area contributed by atoms with Crippen molar-refractivity contribution in [2.45, 2.75) is 13.3 Å². The summed E-state index contributed by atoms with van der Waals surface area (Å²) >= 11 is 0. The molecule has 0 spiro atoms. The molecule has 2 N–H and O–H groups in total. The maximum Gasteiger partial charge on any atom is 0.125 e. The Morgan fingerprint density at radius 2 is 2.23 bits per heavy atom. The maximum atomic E-state index is 9.45. The lowest BCUT2D eigenvalue weighted by molar-refractivity contribution is 0.473. The second-order valence-electron chi connectivity index (χ2n) is 2.63. The van der Waals surface area contributed by atoms with Crippen LogP contribution in [0, 0.1) is 5.53 Å². The molecule has 0 heterocycles. The van der Waals surface area contributed by atoms with E-state index in [2.05, 4.69) is 5.11 Å². The van der Waals surface area contributed by atoms with Crippen molar-refractivity contribution in [2.24, 2.45) is 5.11 Å². The molecule has 0 aliphatic heterocycles. The zero-order valence-electron chi connectivity index (χ0n) is 7.49. The van der Waals surface area contributed by atoms with E-state index in [0.717, 1.165) is 6.42 Å². The van der Waals surface area contributed by atoms with Crippen LogP contribution < -0.4 is 0 Å². The van der Waals surface area contributed by atoms with Gasteiger partial charge in [0, 0.05) is 5.56 Å². The molecule has 0 fully saturated rings. The van der Waals surface area contributed by atoms with Crippen molar-refractivity contribution in [3.63, 3.8) is 0 Å². The highest BCUT2D eigenvalue weighted by Crippen LogP contribution is 2.25. The summed E-state index contributed by atoms with van der Waals surface area (Å²) < 4.78 is 0. The second kappa shape index (κ2) is 4.40. The van der Waals surface area contributed by atoms with Gasteiger partial charge in [0.2, 0.25) is 0 Å². The van der Waals surface area contributed by atoms with Crippen LogP contribution in [0.3, 0.4) is 0 Å². The summed E-state index contributed by atoms with van der Waals surface area (Å²) in [6, 6.07) is 6.88. The minimum absolute atomic E-state index is 0.165. The minimum atomic E-state index is 0.165. The van der Waals surface area contributed by atoms with E-state index in [-0.39, 0.29) is 5.75 Å². The summed E-state index contributed by atoms with van der Waals surface area (Å²) in [7, 11) is 0. The fourth-order valence-corrected chi connectivity index (χ4v) is 1.10. The zero-order valence-corrected chi connectivity index (χ0v) is 7.49. The predicted octanol–water partition coefficient (Wildman–Crippen LogP) is 3.17. The standard InChI is InChI=1S/C10H12N2O/c1-2-5-9(12-11)8-6-3-4-7-10(8)13/h3-7,11,13H,2H2,1H3/b9-5-,12-11?. The Hall–Kier alpha value is -1.64. The number of nitrogens with zero attached hydrogens (tertiary/aromatic N) is 1. The number of hydrogen-bond acceptors (Lipinski definition) is 3. The molecule has 0 amide bonds. The highest BCUT2D eigenvalue weighted by atomic mass is 16.3. The van der Waals surface area contributed by atoms with E-state index in [9.17, 15) is 5.11 Å². The van der Waals surface area contributed by atoms with Crippen molar-refractivity contribution in [3.05, 3.63) is 35.9 Å². The van der Waals surface area contributed by atoms with Crippen LogP contribution in [0.5, 0.6) is 5.75 Å². The normalized spacial score (nSPS) is 11.3. The molecule has 0 aromatic heterocycles. The Bertz CT molecular complexity index is 331. The van der Waals surface area contributed by atoms with Crippen LogP contribution in [0.1, 0.15) is 18.9 Å². The van der Waals surface area contributed by atoms with Crippen LogP contribution in [0.15, 0.2) is 35.5 Å². The molecule has 0 bridgehead atoms. The lowest BCUT2D eigenvalue weighted by Gasteiger charge is -2.02. The van der Waals surface area contributed by atoms with Gasteiger partial charge in [0.15, 0.2) is 0 Å². The minimum Gasteiger partial charge on any atom is -0.507 e. The first kappa shape index (κ1) is 9.45. The van der Waals surface area contributed by atoms with Crippen LogP contribution in [-0.2, 0) is 0 Å². The van der Waals surface area contributed by atoms with Gasteiger partial charge in [-0.15, -0.1) is 0 Å². The van der Waals surface area contributed by atoms with Gasteiger partial charge in [-0.2, -0.15) is 5.11 Å². The number of phenolic OH excluding ortho intramolecular Hbond substituents is 1. The molecule has 0 radical (unpaired) electrons. The fourth-order valence-electron chi connectivity index (χ4n) is 1.10. The van der Waals surface area contributed by atoms with Crippen molar-refractivity contribution in [1.82, 2.24) is 0 Å². The van der Waals surface area contributed by atoms with Crippen LogP contribution in [0.25, 0.3) is 5.70 Å². The highest BCUT2D eigenvalue weighted by molar-refractivity contribution is 5.68. The summed E-state index contributed by atoms with van der Waals surface area (Å²) in [6.45, 7) is 1.96. The van der Waals surface area contributed by atoms with Crippen molar-refractivity contribution in [1.29, 1.82) is 5.53 Å². The summed E-state index contributed by atoms with van der Waals surface area (Å²) in [4.78, 5) is 0. The van der Waals surface area contributed by atoms with Crippen molar-refractivity contribution in [2.75, 3.05) is 0 Å². The van der Waals surface area contributed by atoms with Gasteiger partial charge >= 0.3 is 0 Å². The van der Waals surface area contributed by atoms with E-state index in [0.29, 0.717) is 11.3 Å². The summed E-state index contributed by atoms with van der Waals surface area (Å²) in [5.41, 5.74) is 8.07. The SMILES string of the molecule is CC/C=C(\N=N)c1ccccc1O. The number of aromatic hydroxyl groups is 1. The van der Waals surface area contributed by atoms with Crippen LogP contribution in [0.2, 0.25) is 0 Å². The van der Waals surface area contributed by atoms with Gasteiger partial charge in [-0.25, -0.2) is 5.53 Å². The Kier molecular flexibility index (Phi) is 3.20. The first-order valence-electron chi connectivity index (χ1n) is 4.15. The van der Waals surface area contributed by atoms with Gasteiger partial charge in [-0.1, -0.05) is 25.1 Å². The van der Waals surface area contributed by atoms with Crippen molar-refractivity contribution in [3.8, 4) is 5.75 Å². The van der Waals surface area contributed by atoms with E-state index in [1.807, 2.05) is 19.1 Å². The van der Waals surface area contributed by atoms with E-state index in [1.54, 1.807) is 18.2 Å². The van der Waals surface area contributed by atoms with Gasteiger partial charge < -0.3 is 5.11 Å². The first-order chi connectivity index (χ1) is 6.29. The average Bonchev–Trinajstić information content (AvgIpc) is 2.16. The monoisotopic (exact) mass is 176 g/mol. The van der Waals surface area contributed by atoms with Gasteiger partial charge in [0.25, 0.3) is 0 Å². The molecule has 1 aromatic carbocycles. The molecule has 3 heteroatoms. The third kappa shape index (κ3) is 2.15. The molecule has 0 unspecified atom stereocenters. The second-order valence-corrected chi connectivity index (χ2v) is 2.63. The quantitative estimate of drug-likeness (QED) is 0.683. The molecule has 0 aliphatic rings. The number of allylic oxidation sites excluding steroid dienone is 1. The summed E-state index contributed by atoms with van der Waals surface area (Å²) in [5.74, 6) is 0.165. The highest BCUT2D eigenvalue weighted by Gasteiger charge is 2.03. The Labute approximate surface area is 77.2 Å². The number of benzene rings is 1. The molecule has 3 nitrogen and oxygen atoms in total. The molecule has 1 rings (SSSR count). The number of para-hydroxylation sites is 1. The fraction of sp³-hybridized carbons (Fsp3) is 0.200. The molecule has 0 saturated heterocycles. The molecule has 13 heavy (non-hydrogen) atoms. The molecule has 0 aliphatic carbocycles. The van der Waals surface area contributed by atoms with Gasteiger partial charge in [-0.05, 0) is 18.6 Å². The number of hydrogen-bond donors (Lipinski definition) is 2. The Morgan fingerprint density at radius 1 is 1.54 bits per heavy atom. The van der Waals surface area contributed by atoms with Crippen molar-refractivity contribution < 1.29 is 5.11 Å².